The van der Waals surface area contributed by atoms with Crippen LogP contribution in [0, 0.1) is 10.1 Å². The molecule has 0 saturated heterocycles. The number of nitrogens with one attached hydrogen (secondary N) is 2. The Hall–Kier alpha value is -5.26. The number of hydrogen-bond acceptors (Lipinski definition) is 9. The molecular formula is C30H31N3O9. The van der Waals surface area contributed by atoms with E-state index in [1.54, 1.807) is 54.6 Å². The molecule has 2 amide bonds. The summed E-state index contributed by atoms with van der Waals surface area (Å²) in [5, 5.41) is 16.3. The lowest BCUT2D eigenvalue weighted by Gasteiger charge is -2.28. The van der Waals surface area contributed by atoms with E-state index in [0.717, 1.165) is 18.2 Å². The molecule has 0 fully saturated rings. The minimum atomic E-state index is -1.41. The zero-order chi connectivity index (χ0) is 30.5. The Kier molecular flexibility index (Phi) is 11.5. The van der Waals surface area contributed by atoms with Crippen molar-refractivity contribution >= 4 is 29.6 Å². The highest BCUT2D eigenvalue weighted by atomic mass is 16.6. The number of ether oxygens (including phenoxy) is 3. The average Bonchev–Trinajstić information content (AvgIpc) is 3.01. The highest BCUT2D eigenvalue weighted by Gasteiger charge is 2.36. The highest BCUT2D eigenvalue weighted by molar-refractivity contribution is 5.90. The third-order valence-electron chi connectivity index (χ3n) is 6.41. The number of hydrogen-bond donors (Lipinski definition) is 2. The summed E-state index contributed by atoms with van der Waals surface area (Å²) in [4.78, 5) is 62.2. The second-order valence-electron chi connectivity index (χ2n) is 9.19. The summed E-state index contributed by atoms with van der Waals surface area (Å²) >= 11 is 0. The summed E-state index contributed by atoms with van der Waals surface area (Å²) in [6, 6.07) is 20.5. The summed E-state index contributed by atoms with van der Waals surface area (Å²) < 4.78 is 15.0. The number of amides is 2. The van der Waals surface area contributed by atoms with Crippen LogP contribution in [0.5, 0.6) is 0 Å². The Morgan fingerprint density at radius 2 is 1.40 bits per heavy atom. The Morgan fingerprint density at radius 1 is 0.810 bits per heavy atom. The molecule has 0 aliphatic rings. The first-order valence-electron chi connectivity index (χ1n) is 12.9. The number of nitro benzene ring substituents is 1. The van der Waals surface area contributed by atoms with Crippen molar-refractivity contribution in [2.24, 2.45) is 0 Å². The summed E-state index contributed by atoms with van der Waals surface area (Å²) in [5.74, 6) is -3.33. The lowest BCUT2D eigenvalue weighted by atomic mass is 9.87. The van der Waals surface area contributed by atoms with Gasteiger partial charge in [0.15, 0.2) is 0 Å². The van der Waals surface area contributed by atoms with Gasteiger partial charge in [-0.1, -0.05) is 72.8 Å². The van der Waals surface area contributed by atoms with Crippen molar-refractivity contribution < 1.29 is 38.3 Å². The molecular weight excluding hydrogens is 546 g/mol. The van der Waals surface area contributed by atoms with E-state index in [-0.39, 0.29) is 25.1 Å². The molecule has 220 valence electrons. The predicted octanol–water partition coefficient (Wildman–Crippen LogP) is 3.44. The van der Waals surface area contributed by atoms with Gasteiger partial charge in [-0.3, -0.25) is 19.7 Å². The second-order valence-corrected chi connectivity index (χ2v) is 9.19. The Morgan fingerprint density at radius 3 is 1.95 bits per heavy atom. The predicted molar refractivity (Wildman–Crippen MR) is 150 cm³/mol. The Balaban J connectivity index is 1.88. The number of methoxy groups -OCH3 is 2. The van der Waals surface area contributed by atoms with Crippen LogP contribution in [0.4, 0.5) is 10.5 Å². The molecule has 0 radical (unpaired) electrons. The first-order chi connectivity index (χ1) is 20.2. The highest BCUT2D eigenvalue weighted by Crippen LogP contribution is 2.27. The van der Waals surface area contributed by atoms with Crippen LogP contribution in [0.1, 0.15) is 29.0 Å². The van der Waals surface area contributed by atoms with Crippen molar-refractivity contribution in [3.63, 3.8) is 0 Å². The molecule has 3 rings (SSSR count). The zero-order valence-electron chi connectivity index (χ0n) is 23.1. The topological polar surface area (TPSA) is 163 Å². The summed E-state index contributed by atoms with van der Waals surface area (Å²) in [6.45, 7) is -0.0293. The van der Waals surface area contributed by atoms with Crippen LogP contribution in [0.25, 0.3) is 0 Å². The van der Waals surface area contributed by atoms with E-state index in [0.29, 0.717) is 5.56 Å². The maximum Gasteiger partial charge on any atom is 0.408 e. The molecule has 0 saturated carbocycles. The van der Waals surface area contributed by atoms with E-state index in [1.807, 2.05) is 6.07 Å². The average molecular weight is 578 g/mol. The van der Waals surface area contributed by atoms with Crippen LogP contribution in [-0.2, 0) is 41.6 Å². The van der Waals surface area contributed by atoms with Gasteiger partial charge >= 0.3 is 18.0 Å². The van der Waals surface area contributed by atoms with Gasteiger partial charge in [-0.2, -0.15) is 0 Å². The van der Waals surface area contributed by atoms with Crippen LogP contribution < -0.4 is 10.6 Å². The number of carbonyl (C=O) groups is 4. The maximum absolute atomic E-state index is 13.6. The number of benzene rings is 3. The number of esters is 2. The van der Waals surface area contributed by atoms with E-state index in [4.69, 9.17) is 14.2 Å². The molecule has 0 spiro atoms. The minimum Gasteiger partial charge on any atom is -0.469 e. The van der Waals surface area contributed by atoms with Crippen molar-refractivity contribution in [1.82, 2.24) is 10.6 Å². The fraction of sp³-hybridized carbons (Fsp3) is 0.267. The van der Waals surface area contributed by atoms with Gasteiger partial charge in [-0.15, -0.1) is 0 Å². The fourth-order valence-corrected chi connectivity index (χ4v) is 4.20. The van der Waals surface area contributed by atoms with Crippen LogP contribution in [0.3, 0.4) is 0 Å². The molecule has 12 heteroatoms. The molecule has 42 heavy (non-hydrogen) atoms. The lowest BCUT2D eigenvalue weighted by Crippen LogP contribution is -2.54. The van der Waals surface area contributed by atoms with Crippen LogP contribution in [-0.4, -0.2) is 55.2 Å². The lowest BCUT2D eigenvalue weighted by molar-refractivity contribution is -0.384. The normalized spacial score (nSPS) is 12.6. The van der Waals surface area contributed by atoms with Gasteiger partial charge in [-0.25, -0.2) is 9.59 Å². The van der Waals surface area contributed by atoms with Crippen LogP contribution in [0.15, 0.2) is 84.9 Å². The van der Waals surface area contributed by atoms with Crippen molar-refractivity contribution in [3.8, 4) is 0 Å². The van der Waals surface area contributed by atoms with Gasteiger partial charge in [0.1, 0.15) is 18.7 Å². The van der Waals surface area contributed by atoms with E-state index in [9.17, 15) is 29.3 Å². The molecule has 0 aromatic heterocycles. The maximum atomic E-state index is 13.6. The van der Waals surface area contributed by atoms with Gasteiger partial charge in [0.25, 0.3) is 5.69 Å². The van der Waals surface area contributed by atoms with Gasteiger partial charge in [0.05, 0.1) is 25.6 Å². The standard InChI is InChI=1S/C30H31N3O9/c1-40-26(34)18-24(22-13-15-23(16-14-22)33(38)39)27(29(36)41-2)32-28(35)25(17-20-9-5-3-6-10-20)31-30(37)42-19-21-11-7-4-8-12-21/h3-16,24-25,27H,17-19H2,1-2H3,(H,31,37)(H,32,35)/t24-,25+,27+/m0/s1. The molecule has 3 aromatic carbocycles. The molecule has 0 aliphatic carbocycles. The van der Waals surface area contributed by atoms with Crippen molar-refractivity contribution in [2.75, 3.05) is 14.2 Å². The Labute approximate surface area is 242 Å². The van der Waals surface area contributed by atoms with Crippen molar-refractivity contribution in [2.45, 2.75) is 37.5 Å². The number of alkyl carbamates (subject to hydrolysis) is 1. The van der Waals surface area contributed by atoms with E-state index < -0.39 is 46.9 Å². The Bertz CT molecular complexity index is 1370. The molecule has 12 nitrogen and oxygen atoms in total. The van der Waals surface area contributed by atoms with Crippen molar-refractivity contribution in [1.29, 1.82) is 0 Å². The van der Waals surface area contributed by atoms with E-state index in [2.05, 4.69) is 10.6 Å². The molecule has 3 atom stereocenters. The number of rotatable bonds is 13. The largest absolute Gasteiger partial charge is 0.469 e. The summed E-state index contributed by atoms with van der Waals surface area (Å²) in [7, 11) is 2.29. The molecule has 2 N–H and O–H groups in total. The summed E-state index contributed by atoms with van der Waals surface area (Å²) in [5.41, 5.74) is 1.61. The van der Waals surface area contributed by atoms with Gasteiger partial charge in [0, 0.05) is 24.5 Å². The summed E-state index contributed by atoms with van der Waals surface area (Å²) in [6.07, 6.45) is -1.16. The molecule has 0 heterocycles. The number of carbonyl (C=O) groups excluding carboxylic acids is 4. The van der Waals surface area contributed by atoms with Crippen molar-refractivity contribution in [3.05, 3.63) is 112 Å². The molecule has 0 bridgehead atoms. The van der Waals surface area contributed by atoms with Gasteiger partial charge in [-0.05, 0) is 16.7 Å². The molecule has 0 unspecified atom stereocenters. The first kappa shape index (κ1) is 31.3. The third kappa shape index (κ3) is 9.15. The van der Waals surface area contributed by atoms with Crippen LogP contribution in [0.2, 0.25) is 0 Å². The van der Waals surface area contributed by atoms with Gasteiger partial charge in [0.2, 0.25) is 5.91 Å². The first-order valence-corrected chi connectivity index (χ1v) is 12.9. The smallest absolute Gasteiger partial charge is 0.408 e. The number of nitro groups is 1. The fourth-order valence-electron chi connectivity index (χ4n) is 4.20. The molecule has 0 aliphatic heterocycles. The monoisotopic (exact) mass is 577 g/mol. The minimum absolute atomic E-state index is 0.0293. The van der Waals surface area contributed by atoms with Gasteiger partial charge < -0.3 is 24.8 Å². The van der Waals surface area contributed by atoms with Crippen LogP contribution >= 0.6 is 0 Å². The van der Waals surface area contributed by atoms with E-state index >= 15 is 0 Å². The molecule has 3 aromatic rings. The zero-order valence-corrected chi connectivity index (χ0v) is 23.1. The number of non-ortho nitro benzene ring substituents is 1. The van der Waals surface area contributed by atoms with E-state index in [1.165, 1.54) is 31.4 Å². The third-order valence-corrected chi connectivity index (χ3v) is 6.41. The second kappa shape index (κ2) is 15.5. The number of nitrogens with zero attached hydrogens (tertiary/aromatic N) is 1. The quantitative estimate of drug-likeness (QED) is 0.134. The SMILES string of the molecule is COC(=O)C[C@@H](c1ccc([N+](=O)[O-])cc1)[C@@H](NC(=O)[C@@H](Cc1ccccc1)NC(=O)OCc1ccccc1)C(=O)OC.